The summed E-state index contributed by atoms with van der Waals surface area (Å²) >= 11 is 3.58. The average Bonchev–Trinajstić information content (AvgIpc) is 3.01. The van der Waals surface area contributed by atoms with E-state index in [1.54, 1.807) is 11.3 Å². The Morgan fingerprint density at radius 2 is 2.19 bits per heavy atom. The maximum Gasteiger partial charge on any atom is 0.151 e. The van der Waals surface area contributed by atoms with Crippen molar-refractivity contribution >= 4 is 33.3 Å². The van der Waals surface area contributed by atoms with Gasteiger partial charge in [0.1, 0.15) is 0 Å². The topological polar surface area (TPSA) is 34.7 Å². The largest absolute Gasteiger partial charge is 0.371 e. The molecule has 112 valence electrons. The van der Waals surface area contributed by atoms with Gasteiger partial charge in [0.15, 0.2) is 4.34 Å². The van der Waals surface area contributed by atoms with Gasteiger partial charge >= 0.3 is 0 Å². The van der Waals surface area contributed by atoms with Crippen molar-refractivity contribution in [1.82, 2.24) is 4.98 Å². The Morgan fingerprint density at radius 1 is 1.38 bits per heavy atom. The fourth-order valence-corrected chi connectivity index (χ4v) is 5.37. The second-order valence-electron chi connectivity index (χ2n) is 6.61. The van der Waals surface area contributed by atoms with Crippen LogP contribution in [-0.4, -0.2) is 34.6 Å². The van der Waals surface area contributed by atoms with Crippen molar-refractivity contribution in [2.75, 3.05) is 12.4 Å². The molecule has 0 saturated carbocycles. The predicted octanol–water partition coefficient (Wildman–Crippen LogP) is 4.12. The Morgan fingerprint density at radius 3 is 2.95 bits per heavy atom. The second kappa shape index (κ2) is 4.95. The first-order valence-corrected chi connectivity index (χ1v) is 9.14. The van der Waals surface area contributed by atoms with E-state index < -0.39 is 0 Å². The summed E-state index contributed by atoms with van der Waals surface area (Å²) in [6, 6.07) is 8.31. The number of para-hydroxylation sites is 1. The Hall–Kier alpha value is -0.620. The Kier molecular flexibility index (Phi) is 3.30. The molecule has 0 radical (unpaired) electrons. The Labute approximate surface area is 133 Å². The number of epoxide rings is 1. The van der Waals surface area contributed by atoms with Crippen LogP contribution >= 0.6 is 23.1 Å². The number of benzene rings is 1. The smallest absolute Gasteiger partial charge is 0.151 e. The van der Waals surface area contributed by atoms with Crippen molar-refractivity contribution < 1.29 is 9.47 Å². The zero-order valence-corrected chi connectivity index (χ0v) is 13.9. The van der Waals surface area contributed by atoms with Gasteiger partial charge in [0, 0.05) is 18.6 Å². The average molecular weight is 321 g/mol. The molecule has 2 aliphatic rings. The molecule has 2 unspecified atom stereocenters. The number of hydrogen-bond donors (Lipinski definition) is 0. The minimum absolute atomic E-state index is 0.0758. The third kappa shape index (κ3) is 2.97. The summed E-state index contributed by atoms with van der Waals surface area (Å²) in [5, 5.41) is 0. The zero-order chi connectivity index (χ0) is 14.5. The molecule has 0 bridgehead atoms. The molecule has 0 aliphatic carbocycles. The van der Waals surface area contributed by atoms with Crippen molar-refractivity contribution in [2.24, 2.45) is 0 Å². The summed E-state index contributed by atoms with van der Waals surface area (Å²) in [6.07, 6.45) is 2.30. The van der Waals surface area contributed by atoms with Crippen LogP contribution in [0.5, 0.6) is 0 Å². The molecule has 3 heterocycles. The van der Waals surface area contributed by atoms with Crippen molar-refractivity contribution in [3.8, 4) is 0 Å². The number of nitrogens with zero attached hydrogens (tertiary/aromatic N) is 1. The van der Waals surface area contributed by atoms with Crippen LogP contribution in [0.15, 0.2) is 28.6 Å². The number of thioether (sulfide) groups is 1. The number of rotatable bonds is 3. The molecule has 5 heteroatoms. The number of ether oxygens (including phenoxy) is 2. The SMILES string of the molecule is CC1(C)CC2(CO2)CC(CSc2nc3ccccc3s2)O1. The lowest BCUT2D eigenvalue weighted by Crippen LogP contribution is -2.44. The summed E-state index contributed by atoms with van der Waals surface area (Å²) < 4.78 is 14.3. The van der Waals surface area contributed by atoms with Crippen LogP contribution in [0, 0.1) is 0 Å². The van der Waals surface area contributed by atoms with Gasteiger partial charge in [0.25, 0.3) is 0 Å². The van der Waals surface area contributed by atoms with Gasteiger partial charge in [-0.15, -0.1) is 11.3 Å². The highest BCUT2D eigenvalue weighted by Gasteiger charge is 2.54. The predicted molar refractivity (Wildman–Crippen MR) is 87.2 cm³/mol. The molecule has 2 atom stereocenters. The van der Waals surface area contributed by atoms with Gasteiger partial charge in [-0.3, -0.25) is 0 Å². The Bertz CT molecular complexity index is 624. The quantitative estimate of drug-likeness (QED) is 0.629. The van der Waals surface area contributed by atoms with Crippen LogP contribution in [0.25, 0.3) is 10.2 Å². The molecule has 21 heavy (non-hydrogen) atoms. The third-order valence-corrected chi connectivity index (χ3v) is 6.36. The van der Waals surface area contributed by atoms with E-state index in [0.29, 0.717) is 0 Å². The molecule has 4 rings (SSSR count). The molecule has 2 aliphatic heterocycles. The first kappa shape index (κ1) is 14.0. The maximum absolute atomic E-state index is 6.22. The van der Waals surface area contributed by atoms with E-state index in [-0.39, 0.29) is 17.3 Å². The second-order valence-corrected chi connectivity index (χ2v) is 8.91. The molecular weight excluding hydrogens is 302 g/mol. The normalized spacial score (nSPS) is 30.9. The summed E-state index contributed by atoms with van der Waals surface area (Å²) in [4.78, 5) is 4.68. The van der Waals surface area contributed by atoms with Crippen LogP contribution in [0.3, 0.4) is 0 Å². The lowest BCUT2D eigenvalue weighted by molar-refractivity contribution is -0.121. The molecule has 1 aromatic carbocycles. The monoisotopic (exact) mass is 321 g/mol. The van der Waals surface area contributed by atoms with E-state index in [9.17, 15) is 0 Å². The summed E-state index contributed by atoms with van der Waals surface area (Å²) in [5.74, 6) is 0.953. The first-order valence-electron chi connectivity index (χ1n) is 7.34. The minimum Gasteiger partial charge on any atom is -0.371 e. The highest BCUT2D eigenvalue weighted by molar-refractivity contribution is 8.01. The number of thiazole rings is 1. The standard InChI is InChI=1S/C16H19NO2S2/c1-15(2)9-16(10-18-16)7-11(19-15)8-20-14-17-12-5-3-4-6-13(12)21-14/h3-6,11H,7-10H2,1-2H3. The van der Waals surface area contributed by atoms with E-state index in [1.807, 2.05) is 17.8 Å². The lowest BCUT2D eigenvalue weighted by Gasteiger charge is -2.39. The zero-order valence-electron chi connectivity index (χ0n) is 12.3. The van der Waals surface area contributed by atoms with Gasteiger partial charge in [-0.05, 0) is 26.0 Å². The lowest BCUT2D eigenvalue weighted by atomic mass is 9.86. The van der Waals surface area contributed by atoms with Gasteiger partial charge in [0.05, 0.1) is 34.1 Å². The molecule has 2 aromatic rings. The van der Waals surface area contributed by atoms with E-state index in [1.165, 1.54) is 4.70 Å². The number of hydrogen-bond acceptors (Lipinski definition) is 5. The van der Waals surface area contributed by atoms with Crippen molar-refractivity contribution in [1.29, 1.82) is 0 Å². The van der Waals surface area contributed by atoms with Crippen LogP contribution in [0.4, 0.5) is 0 Å². The third-order valence-electron chi connectivity index (χ3n) is 4.05. The molecule has 1 aromatic heterocycles. The van der Waals surface area contributed by atoms with Crippen LogP contribution in [0.2, 0.25) is 0 Å². The van der Waals surface area contributed by atoms with Crippen LogP contribution < -0.4 is 0 Å². The van der Waals surface area contributed by atoms with Gasteiger partial charge < -0.3 is 9.47 Å². The Balaban J connectivity index is 1.44. The van der Waals surface area contributed by atoms with Crippen LogP contribution in [-0.2, 0) is 9.47 Å². The van der Waals surface area contributed by atoms with Crippen molar-refractivity contribution in [2.45, 2.75) is 48.3 Å². The van der Waals surface area contributed by atoms with Crippen molar-refractivity contribution in [3.63, 3.8) is 0 Å². The van der Waals surface area contributed by atoms with Gasteiger partial charge in [0.2, 0.25) is 0 Å². The maximum atomic E-state index is 6.22. The van der Waals surface area contributed by atoms with E-state index in [4.69, 9.17) is 9.47 Å². The van der Waals surface area contributed by atoms with E-state index >= 15 is 0 Å². The number of aromatic nitrogens is 1. The first-order chi connectivity index (χ1) is 10.0. The van der Waals surface area contributed by atoms with Crippen molar-refractivity contribution in [3.05, 3.63) is 24.3 Å². The fraction of sp³-hybridized carbons (Fsp3) is 0.562. The summed E-state index contributed by atoms with van der Waals surface area (Å²) in [5.41, 5.74) is 1.13. The highest BCUT2D eigenvalue weighted by Crippen LogP contribution is 2.46. The van der Waals surface area contributed by atoms with E-state index in [2.05, 4.69) is 37.0 Å². The molecule has 2 saturated heterocycles. The van der Waals surface area contributed by atoms with Gasteiger partial charge in [-0.25, -0.2) is 4.98 Å². The van der Waals surface area contributed by atoms with Gasteiger partial charge in [-0.1, -0.05) is 23.9 Å². The van der Waals surface area contributed by atoms with Crippen LogP contribution in [0.1, 0.15) is 26.7 Å². The molecule has 0 amide bonds. The molecule has 0 N–H and O–H groups in total. The number of fused-ring (bicyclic) bond motifs is 1. The summed E-state index contributed by atoms with van der Waals surface area (Å²) in [6.45, 7) is 5.25. The van der Waals surface area contributed by atoms with E-state index in [0.717, 1.165) is 35.1 Å². The fourth-order valence-electron chi connectivity index (χ4n) is 3.29. The molecule has 3 nitrogen and oxygen atoms in total. The van der Waals surface area contributed by atoms with Gasteiger partial charge in [-0.2, -0.15) is 0 Å². The highest BCUT2D eigenvalue weighted by atomic mass is 32.2. The molecular formula is C16H19NO2S2. The molecule has 2 fully saturated rings. The minimum atomic E-state index is -0.0758. The summed E-state index contributed by atoms with van der Waals surface area (Å²) in [7, 11) is 0. The molecule has 1 spiro atoms.